The van der Waals surface area contributed by atoms with Crippen LogP contribution in [0.1, 0.15) is 18.6 Å². The van der Waals surface area contributed by atoms with Crippen LogP contribution in [0.2, 0.25) is 0 Å². The van der Waals surface area contributed by atoms with Crippen LogP contribution in [0.25, 0.3) is 0 Å². The molecule has 0 saturated carbocycles. The van der Waals surface area contributed by atoms with Gasteiger partial charge >= 0.3 is 0 Å². The first-order chi connectivity index (χ1) is 7.66. The molecule has 0 radical (unpaired) electrons. The summed E-state index contributed by atoms with van der Waals surface area (Å²) >= 11 is 0. The third-order valence-corrected chi connectivity index (χ3v) is 2.94. The van der Waals surface area contributed by atoms with Gasteiger partial charge in [-0.15, -0.1) is 0 Å². The number of aromatic nitrogens is 1. The third kappa shape index (κ3) is 2.41. The molecule has 1 fully saturated rings. The molecule has 5 nitrogen and oxygen atoms in total. The van der Waals surface area contributed by atoms with E-state index in [2.05, 4.69) is 22.5 Å². The molecule has 0 aromatic carbocycles. The number of oxazole rings is 1. The van der Waals surface area contributed by atoms with Crippen molar-refractivity contribution in [2.75, 3.05) is 13.1 Å². The Labute approximate surface area is 94.6 Å². The van der Waals surface area contributed by atoms with Crippen molar-refractivity contribution in [3.63, 3.8) is 0 Å². The van der Waals surface area contributed by atoms with E-state index in [1.165, 1.54) is 0 Å². The monoisotopic (exact) mass is 223 g/mol. The molecule has 1 saturated heterocycles. The van der Waals surface area contributed by atoms with Crippen molar-refractivity contribution in [2.45, 2.75) is 20.4 Å². The Morgan fingerprint density at radius 2 is 2.50 bits per heavy atom. The van der Waals surface area contributed by atoms with Gasteiger partial charge in [0.2, 0.25) is 11.8 Å². The highest BCUT2D eigenvalue weighted by Gasteiger charge is 2.29. The number of carbonyl (C=O) groups is 1. The summed E-state index contributed by atoms with van der Waals surface area (Å²) in [7, 11) is 0. The van der Waals surface area contributed by atoms with Gasteiger partial charge in [0.05, 0.1) is 18.7 Å². The molecule has 16 heavy (non-hydrogen) atoms. The molecule has 2 heterocycles. The topological polar surface area (TPSA) is 67.2 Å². The highest BCUT2D eigenvalue weighted by Crippen LogP contribution is 2.15. The van der Waals surface area contributed by atoms with Gasteiger partial charge in [0.15, 0.2) is 0 Å². The van der Waals surface area contributed by atoms with Gasteiger partial charge in [-0.3, -0.25) is 4.79 Å². The molecule has 1 aliphatic rings. The van der Waals surface area contributed by atoms with Crippen LogP contribution >= 0.6 is 0 Å². The minimum Gasteiger partial charge on any atom is -0.444 e. The zero-order valence-electron chi connectivity index (χ0n) is 9.62. The lowest BCUT2D eigenvalue weighted by Gasteiger charge is -2.12. The van der Waals surface area contributed by atoms with Crippen LogP contribution in [0.3, 0.4) is 0 Å². The fourth-order valence-corrected chi connectivity index (χ4v) is 1.94. The SMILES string of the molecule is Cc1cnc(CNC(=O)[C@@H]2CNC[C@H]2C)o1. The molecule has 0 spiro atoms. The number of carbonyl (C=O) groups excluding carboxylic acids is 1. The van der Waals surface area contributed by atoms with E-state index in [0.29, 0.717) is 18.4 Å². The van der Waals surface area contributed by atoms with Crippen LogP contribution in [0.5, 0.6) is 0 Å². The number of nitrogens with one attached hydrogen (secondary N) is 2. The molecular weight excluding hydrogens is 206 g/mol. The van der Waals surface area contributed by atoms with Crippen molar-refractivity contribution in [3.05, 3.63) is 17.8 Å². The Balaban J connectivity index is 1.83. The number of rotatable bonds is 3. The summed E-state index contributed by atoms with van der Waals surface area (Å²) in [6.07, 6.45) is 1.65. The summed E-state index contributed by atoms with van der Waals surface area (Å²) in [6, 6.07) is 0. The summed E-state index contributed by atoms with van der Waals surface area (Å²) in [5.74, 6) is 1.86. The first-order valence-corrected chi connectivity index (χ1v) is 5.56. The van der Waals surface area contributed by atoms with Gasteiger partial charge in [-0.05, 0) is 19.4 Å². The lowest BCUT2D eigenvalue weighted by Crippen LogP contribution is -2.33. The van der Waals surface area contributed by atoms with Crippen LogP contribution in [-0.4, -0.2) is 24.0 Å². The Hall–Kier alpha value is -1.36. The van der Waals surface area contributed by atoms with E-state index in [9.17, 15) is 4.79 Å². The summed E-state index contributed by atoms with van der Waals surface area (Å²) in [5.41, 5.74) is 0. The Bertz CT molecular complexity index is 375. The summed E-state index contributed by atoms with van der Waals surface area (Å²) < 4.78 is 5.28. The second-order valence-corrected chi connectivity index (χ2v) is 4.32. The minimum absolute atomic E-state index is 0.0658. The second kappa shape index (κ2) is 4.65. The highest BCUT2D eigenvalue weighted by atomic mass is 16.4. The van der Waals surface area contributed by atoms with Crippen molar-refractivity contribution in [3.8, 4) is 0 Å². The first kappa shape index (κ1) is 11.1. The van der Waals surface area contributed by atoms with Gasteiger partial charge < -0.3 is 15.1 Å². The van der Waals surface area contributed by atoms with E-state index in [1.54, 1.807) is 6.20 Å². The third-order valence-electron chi connectivity index (χ3n) is 2.94. The fraction of sp³-hybridized carbons (Fsp3) is 0.636. The smallest absolute Gasteiger partial charge is 0.225 e. The summed E-state index contributed by atoms with van der Waals surface area (Å²) in [5, 5.41) is 6.05. The van der Waals surface area contributed by atoms with Gasteiger partial charge in [-0.25, -0.2) is 4.98 Å². The van der Waals surface area contributed by atoms with E-state index in [-0.39, 0.29) is 11.8 Å². The molecule has 88 valence electrons. The van der Waals surface area contributed by atoms with Gasteiger partial charge in [0.1, 0.15) is 5.76 Å². The van der Waals surface area contributed by atoms with Crippen molar-refractivity contribution in [1.82, 2.24) is 15.6 Å². The molecule has 1 aromatic rings. The molecule has 1 aromatic heterocycles. The maximum atomic E-state index is 11.8. The highest BCUT2D eigenvalue weighted by molar-refractivity contribution is 5.79. The lowest BCUT2D eigenvalue weighted by atomic mass is 9.97. The zero-order chi connectivity index (χ0) is 11.5. The molecule has 0 unspecified atom stereocenters. The number of amides is 1. The van der Waals surface area contributed by atoms with Crippen LogP contribution < -0.4 is 10.6 Å². The van der Waals surface area contributed by atoms with E-state index in [1.807, 2.05) is 6.92 Å². The van der Waals surface area contributed by atoms with Crippen molar-refractivity contribution >= 4 is 5.91 Å². The first-order valence-electron chi connectivity index (χ1n) is 5.56. The molecule has 0 aliphatic carbocycles. The molecule has 1 aliphatic heterocycles. The Kier molecular flexibility index (Phi) is 3.24. The number of hydrogen-bond donors (Lipinski definition) is 2. The van der Waals surface area contributed by atoms with Crippen LogP contribution in [-0.2, 0) is 11.3 Å². The average molecular weight is 223 g/mol. The van der Waals surface area contributed by atoms with Gasteiger partial charge in [-0.2, -0.15) is 0 Å². The molecule has 1 amide bonds. The molecule has 2 atom stereocenters. The maximum absolute atomic E-state index is 11.8. The largest absolute Gasteiger partial charge is 0.444 e. The van der Waals surface area contributed by atoms with Crippen LogP contribution in [0.4, 0.5) is 0 Å². The normalized spacial score (nSPS) is 24.6. The Morgan fingerprint density at radius 3 is 3.06 bits per heavy atom. The van der Waals surface area contributed by atoms with Gasteiger partial charge in [-0.1, -0.05) is 6.92 Å². The van der Waals surface area contributed by atoms with Crippen LogP contribution in [0, 0.1) is 18.8 Å². The summed E-state index contributed by atoms with van der Waals surface area (Å²) in [6.45, 7) is 5.96. The average Bonchev–Trinajstić information content (AvgIpc) is 2.84. The fourth-order valence-electron chi connectivity index (χ4n) is 1.94. The quantitative estimate of drug-likeness (QED) is 0.781. The lowest BCUT2D eigenvalue weighted by molar-refractivity contribution is -0.125. The van der Waals surface area contributed by atoms with E-state index in [0.717, 1.165) is 18.8 Å². The van der Waals surface area contributed by atoms with Crippen molar-refractivity contribution < 1.29 is 9.21 Å². The standard InChI is InChI=1S/C11H17N3O2/c1-7-3-12-5-9(7)11(15)14-6-10-13-4-8(2)16-10/h4,7,9,12H,3,5-6H2,1-2H3,(H,14,15)/t7-,9-/m1/s1. The number of aryl methyl sites for hydroxylation is 1. The van der Waals surface area contributed by atoms with Crippen molar-refractivity contribution in [2.24, 2.45) is 11.8 Å². The Morgan fingerprint density at radius 1 is 1.69 bits per heavy atom. The molecule has 5 heteroatoms. The number of hydrogen-bond acceptors (Lipinski definition) is 4. The van der Waals surface area contributed by atoms with E-state index >= 15 is 0 Å². The molecule has 2 rings (SSSR count). The number of nitrogens with zero attached hydrogens (tertiary/aromatic N) is 1. The summed E-state index contributed by atoms with van der Waals surface area (Å²) in [4.78, 5) is 15.9. The maximum Gasteiger partial charge on any atom is 0.225 e. The molecular formula is C11H17N3O2. The zero-order valence-corrected chi connectivity index (χ0v) is 9.62. The van der Waals surface area contributed by atoms with E-state index < -0.39 is 0 Å². The van der Waals surface area contributed by atoms with Gasteiger partial charge in [0, 0.05) is 6.54 Å². The molecule has 0 bridgehead atoms. The van der Waals surface area contributed by atoms with E-state index in [4.69, 9.17) is 4.42 Å². The minimum atomic E-state index is 0.0658. The van der Waals surface area contributed by atoms with Crippen LogP contribution in [0.15, 0.2) is 10.6 Å². The predicted molar refractivity (Wildman–Crippen MR) is 58.6 cm³/mol. The second-order valence-electron chi connectivity index (χ2n) is 4.32. The predicted octanol–water partition coefficient (Wildman–Crippen LogP) is 0.455. The van der Waals surface area contributed by atoms with Gasteiger partial charge in [0.25, 0.3) is 0 Å². The molecule has 2 N–H and O–H groups in total. The van der Waals surface area contributed by atoms with Crippen molar-refractivity contribution in [1.29, 1.82) is 0 Å².